The smallest absolute Gasteiger partial charge is 0.252 e. The summed E-state index contributed by atoms with van der Waals surface area (Å²) in [5.74, 6) is -0.631. The molecule has 0 aliphatic heterocycles. The van der Waals surface area contributed by atoms with Crippen molar-refractivity contribution in [1.82, 2.24) is 19.5 Å². The molecule has 1 aliphatic rings. The zero-order valence-electron chi connectivity index (χ0n) is 16.3. The third-order valence-corrected chi connectivity index (χ3v) is 5.16. The molecule has 0 radical (unpaired) electrons. The molecule has 3 heterocycles. The molecular weight excluding hydrogens is 387 g/mol. The number of hydrogen-bond donors (Lipinski definition) is 4. The van der Waals surface area contributed by atoms with E-state index in [9.17, 15) is 9.18 Å². The van der Waals surface area contributed by atoms with Crippen LogP contribution < -0.4 is 22.1 Å². The highest BCUT2D eigenvalue weighted by Crippen LogP contribution is 2.27. The second-order valence-corrected chi connectivity index (χ2v) is 7.28. The third kappa shape index (κ3) is 4.23. The molecule has 30 heavy (non-hydrogen) atoms. The number of carbonyl (C=O) groups excluding carboxylic acids is 1. The van der Waals surface area contributed by atoms with E-state index >= 15 is 0 Å². The van der Waals surface area contributed by atoms with Gasteiger partial charge in [-0.1, -0.05) is 12.8 Å². The van der Waals surface area contributed by atoms with Crippen LogP contribution in [0.15, 0.2) is 43.1 Å². The van der Waals surface area contributed by atoms with Crippen LogP contribution >= 0.6 is 0 Å². The lowest BCUT2D eigenvalue weighted by Gasteiger charge is -2.30. The zero-order chi connectivity index (χ0) is 21.1. The Hall–Kier alpha value is -3.53. The summed E-state index contributed by atoms with van der Waals surface area (Å²) in [4.78, 5) is 24.5. The lowest BCUT2D eigenvalue weighted by molar-refractivity contribution is 0.100. The summed E-state index contributed by atoms with van der Waals surface area (Å²) in [6.45, 7) is 0. The predicted molar refractivity (Wildman–Crippen MR) is 111 cm³/mol. The summed E-state index contributed by atoms with van der Waals surface area (Å²) in [6, 6.07) is 4.39. The normalized spacial score (nSPS) is 18.7. The monoisotopic (exact) mass is 410 g/mol. The molecule has 1 amide bonds. The van der Waals surface area contributed by atoms with E-state index in [4.69, 9.17) is 11.5 Å². The molecule has 0 saturated heterocycles. The summed E-state index contributed by atoms with van der Waals surface area (Å²) < 4.78 is 16.4. The Morgan fingerprint density at radius 1 is 1.20 bits per heavy atom. The largest absolute Gasteiger partial charge is 0.365 e. The van der Waals surface area contributed by atoms with Gasteiger partial charge in [-0.05, 0) is 25.0 Å². The van der Waals surface area contributed by atoms with Gasteiger partial charge in [-0.25, -0.2) is 19.3 Å². The van der Waals surface area contributed by atoms with Gasteiger partial charge in [0.2, 0.25) is 0 Å². The van der Waals surface area contributed by atoms with E-state index in [-0.39, 0.29) is 29.3 Å². The average Bonchev–Trinajstić information content (AvgIpc) is 3.27. The van der Waals surface area contributed by atoms with Crippen molar-refractivity contribution >= 4 is 23.2 Å². The number of anilines is 3. The molecule has 0 bridgehead atoms. The maximum Gasteiger partial charge on any atom is 0.252 e. The lowest BCUT2D eigenvalue weighted by Crippen LogP contribution is -2.43. The van der Waals surface area contributed by atoms with Crippen molar-refractivity contribution in [2.45, 2.75) is 37.8 Å². The van der Waals surface area contributed by atoms with Gasteiger partial charge in [-0.2, -0.15) is 0 Å². The number of aromatic nitrogens is 4. The standard InChI is InChI=1S/C20H23FN8O/c21-14-10-13(18(23)30)19(28-20(14)27-16-4-2-1-3-15(16)22)26-12-5-6-25-17(9-12)29-8-7-24-11-29/h5-11,15-16H,1-4,22H2,(H2,23,30)(H2,25,26,27,28). The number of halogens is 1. The Morgan fingerprint density at radius 3 is 2.77 bits per heavy atom. The van der Waals surface area contributed by atoms with E-state index in [1.54, 1.807) is 41.6 Å². The second-order valence-electron chi connectivity index (χ2n) is 7.28. The molecular formula is C20H23FN8O. The van der Waals surface area contributed by atoms with Gasteiger partial charge in [0.1, 0.15) is 18.0 Å². The van der Waals surface area contributed by atoms with Gasteiger partial charge in [-0.15, -0.1) is 0 Å². The first-order valence-corrected chi connectivity index (χ1v) is 9.75. The van der Waals surface area contributed by atoms with Crippen molar-refractivity contribution in [3.8, 4) is 5.82 Å². The fraction of sp³-hybridized carbons (Fsp3) is 0.300. The molecule has 0 spiro atoms. The van der Waals surface area contributed by atoms with Gasteiger partial charge in [0.25, 0.3) is 5.91 Å². The first-order valence-electron chi connectivity index (χ1n) is 9.75. The van der Waals surface area contributed by atoms with E-state index < -0.39 is 11.7 Å². The van der Waals surface area contributed by atoms with E-state index in [0.717, 1.165) is 31.7 Å². The van der Waals surface area contributed by atoms with Crippen LogP contribution in [0.5, 0.6) is 0 Å². The van der Waals surface area contributed by atoms with Gasteiger partial charge in [0.05, 0.1) is 5.56 Å². The first kappa shape index (κ1) is 19.8. The number of primary amides is 1. The van der Waals surface area contributed by atoms with Crippen molar-refractivity contribution in [2.75, 3.05) is 10.6 Å². The molecule has 9 nitrogen and oxygen atoms in total. The minimum atomic E-state index is -0.784. The number of amides is 1. The molecule has 1 aliphatic carbocycles. The number of rotatable bonds is 6. The van der Waals surface area contributed by atoms with Crippen molar-refractivity contribution in [2.24, 2.45) is 11.5 Å². The van der Waals surface area contributed by atoms with Crippen LogP contribution in [0.4, 0.5) is 21.7 Å². The van der Waals surface area contributed by atoms with Crippen LogP contribution in [0.2, 0.25) is 0 Å². The van der Waals surface area contributed by atoms with Gasteiger partial charge in [0, 0.05) is 42.4 Å². The van der Waals surface area contributed by atoms with Gasteiger partial charge in [0.15, 0.2) is 11.6 Å². The number of nitrogens with zero attached hydrogens (tertiary/aromatic N) is 4. The molecule has 10 heteroatoms. The topological polar surface area (TPSA) is 137 Å². The van der Waals surface area contributed by atoms with E-state index in [2.05, 4.69) is 25.6 Å². The molecule has 3 aromatic rings. The molecule has 6 N–H and O–H groups in total. The maximum absolute atomic E-state index is 14.6. The fourth-order valence-corrected chi connectivity index (χ4v) is 3.56. The zero-order valence-corrected chi connectivity index (χ0v) is 16.3. The Labute approximate surface area is 172 Å². The van der Waals surface area contributed by atoms with Crippen LogP contribution in [-0.4, -0.2) is 37.5 Å². The van der Waals surface area contributed by atoms with E-state index in [0.29, 0.717) is 11.5 Å². The second kappa shape index (κ2) is 8.46. The SMILES string of the molecule is NC(=O)c1cc(F)c(NC2CCCCC2N)nc1Nc1ccnc(-n2ccnc2)c1. The van der Waals surface area contributed by atoms with Gasteiger partial charge in [-0.3, -0.25) is 9.36 Å². The lowest BCUT2D eigenvalue weighted by atomic mass is 9.91. The van der Waals surface area contributed by atoms with Crippen molar-refractivity contribution in [3.63, 3.8) is 0 Å². The highest BCUT2D eigenvalue weighted by Gasteiger charge is 2.24. The molecule has 3 aromatic heterocycles. The summed E-state index contributed by atoms with van der Waals surface area (Å²) in [5, 5.41) is 6.15. The first-order chi connectivity index (χ1) is 14.5. The van der Waals surface area contributed by atoms with Crippen molar-refractivity contribution in [1.29, 1.82) is 0 Å². The Morgan fingerprint density at radius 2 is 2.03 bits per heavy atom. The maximum atomic E-state index is 14.6. The summed E-state index contributed by atoms with van der Waals surface area (Å²) in [6.07, 6.45) is 10.4. The van der Waals surface area contributed by atoms with Crippen LogP contribution in [0.25, 0.3) is 5.82 Å². The minimum Gasteiger partial charge on any atom is -0.365 e. The number of imidazole rings is 1. The highest BCUT2D eigenvalue weighted by molar-refractivity contribution is 5.98. The van der Waals surface area contributed by atoms with Crippen LogP contribution in [0.3, 0.4) is 0 Å². The Kier molecular flexibility index (Phi) is 5.57. The van der Waals surface area contributed by atoms with Crippen LogP contribution in [0, 0.1) is 5.82 Å². The number of nitrogens with two attached hydrogens (primary N) is 2. The fourth-order valence-electron chi connectivity index (χ4n) is 3.56. The number of nitrogens with one attached hydrogen (secondary N) is 2. The Balaban J connectivity index is 1.64. The average molecular weight is 410 g/mol. The molecule has 156 valence electrons. The Bertz CT molecular complexity index is 1040. The summed E-state index contributed by atoms with van der Waals surface area (Å²) >= 11 is 0. The quantitative estimate of drug-likeness (QED) is 0.489. The molecule has 2 unspecified atom stereocenters. The van der Waals surface area contributed by atoms with Gasteiger partial charge >= 0.3 is 0 Å². The van der Waals surface area contributed by atoms with Crippen LogP contribution in [0.1, 0.15) is 36.0 Å². The molecule has 1 saturated carbocycles. The highest BCUT2D eigenvalue weighted by atomic mass is 19.1. The van der Waals surface area contributed by atoms with Crippen molar-refractivity contribution in [3.05, 3.63) is 54.5 Å². The number of carbonyl (C=O) groups is 1. The summed E-state index contributed by atoms with van der Waals surface area (Å²) in [5.41, 5.74) is 12.2. The predicted octanol–water partition coefficient (Wildman–Crippen LogP) is 2.33. The molecule has 1 fully saturated rings. The number of hydrogen-bond acceptors (Lipinski definition) is 7. The minimum absolute atomic E-state index is 0.0359. The molecule has 2 atom stereocenters. The molecule has 4 rings (SSSR count). The third-order valence-electron chi connectivity index (χ3n) is 5.16. The number of pyridine rings is 2. The van der Waals surface area contributed by atoms with E-state index in [1.165, 1.54) is 0 Å². The molecule has 0 aromatic carbocycles. The summed E-state index contributed by atoms with van der Waals surface area (Å²) in [7, 11) is 0. The van der Waals surface area contributed by atoms with Crippen molar-refractivity contribution < 1.29 is 9.18 Å². The van der Waals surface area contributed by atoms with E-state index in [1.807, 2.05) is 0 Å². The van der Waals surface area contributed by atoms with Gasteiger partial charge < -0.3 is 22.1 Å². The van der Waals surface area contributed by atoms with Crippen LogP contribution in [-0.2, 0) is 0 Å².